The second-order valence-corrected chi connectivity index (χ2v) is 2.58. The summed E-state index contributed by atoms with van der Waals surface area (Å²) in [6.07, 6.45) is -5.93. The largest absolute Gasteiger partial charge is 0.455 e. The molecule has 2 unspecified atom stereocenters. The highest BCUT2D eigenvalue weighted by Crippen LogP contribution is 2.15. The fourth-order valence-corrected chi connectivity index (χ4v) is 0.980. The molecule has 0 amide bonds. The molecular weight excluding hydrogens is 168 g/mol. The summed E-state index contributed by atoms with van der Waals surface area (Å²) in [5.74, 6) is -1.04. The van der Waals surface area contributed by atoms with Crippen molar-refractivity contribution >= 4 is 5.97 Å². The van der Waals surface area contributed by atoms with Crippen molar-refractivity contribution in [1.29, 1.82) is 0 Å². The van der Waals surface area contributed by atoms with Crippen LogP contribution in [0.5, 0.6) is 0 Å². The predicted octanol–water partition coefficient (Wildman–Crippen LogP) is -3.01. The minimum Gasteiger partial charge on any atom is -0.455 e. The molecule has 1 rings (SSSR count). The number of aliphatic hydroxyl groups is 4. The third-order valence-corrected chi connectivity index (χ3v) is 1.74. The summed E-state index contributed by atoms with van der Waals surface area (Å²) >= 11 is 0. The summed E-state index contributed by atoms with van der Waals surface area (Å²) in [5.41, 5.74) is 0. The lowest BCUT2D eigenvalue weighted by molar-refractivity contribution is -0.206. The molecule has 0 aromatic rings. The zero-order valence-electron chi connectivity index (χ0n) is 6.12. The van der Waals surface area contributed by atoms with Gasteiger partial charge in [-0.1, -0.05) is 0 Å². The van der Waals surface area contributed by atoms with E-state index in [-0.39, 0.29) is 0 Å². The number of carbonyl (C=O) groups excluding carboxylic acids is 1. The molecule has 0 spiro atoms. The van der Waals surface area contributed by atoms with Crippen molar-refractivity contribution in [3.63, 3.8) is 0 Å². The maximum Gasteiger partial charge on any atom is 0.338 e. The lowest BCUT2D eigenvalue weighted by Gasteiger charge is -2.32. The Morgan fingerprint density at radius 3 is 2.33 bits per heavy atom. The number of rotatable bonds is 1. The zero-order valence-corrected chi connectivity index (χ0v) is 6.12. The lowest BCUT2D eigenvalue weighted by Crippen LogP contribution is -2.56. The number of cyclic esters (lactones) is 1. The number of esters is 1. The molecule has 1 heterocycles. The number of carbonyl (C=O) groups is 1. The number of ether oxygens (including phenoxy) is 1. The summed E-state index contributed by atoms with van der Waals surface area (Å²) < 4.78 is 4.38. The normalized spacial score (nSPS) is 42.5. The van der Waals surface area contributed by atoms with Crippen molar-refractivity contribution in [2.24, 2.45) is 0 Å². The Kier molecular flexibility index (Phi) is 2.63. The van der Waals surface area contributed by atoms with Crippen LogP contribution in [-0.2, 0) is 9.53 Å². The van der Waals surface area contributed by atoms with Crippen LogP contribution < -0.4 is 0 Å². The number of aliphatic hydroxyl groups excluding tert-OH is 4. The van der Waals surface area contributed by atoms with Crippen molar-refractivity contribution in [1.82, 2.24) is 0 Å². The molecule has 0 radical (unpaired) electrons. The van der Waals surface area contributed by atoms with Gasteiger partial charge in [0.1, 0.15) is 12.2 Å². The first-order valence-corrected chi connectivity index (χ1v) is 3.43. The highest BCUT2D eigenvalue weighted by atomic mass is 16.6. The van der Waals surface area contributed by atoms with E-state index in [9.17, 15) is 4.79 Å². The molecule has 0 saturated carbocycles. The smallest absolute Gasteiger partial charge is 0.338 e. The second kappa shape index (κ2) is 3.36. The Labute approximate surface area is 68.0 Å². The predicted molar refractivity (Wildman–Crippen MR) is 35.0 cm³/mol. The SMILES string of the molecule is O=C1OC(CO)C(O)[C@H](O)[C@H]1O. The standard InChI is InChI=1S/C6H10O6/c7-1-2-3(8)4(9)5(10)6(11)12-2/h2-5,7-10H,1H2/t2?,3?,4-,5+/m0/s1. The van der Waals surface area contributed by atoms with Crippen molar-refractivity contribution in [3.05, 3.63) is 0 Å². The van der Waals surface area contributed by atoms with Crippen LogP contribution in [0.3, 0.4) is 0 Å². The van der Waals surface area contributed by atoms with E-state index >= 15 is 0 Å². The molecule has 6 heteroatoms. The van der Waals surface area contributed by atoms with E-state index in [1.54, 1.807) is 0 Å². The molecule has 1 saturated heterocycles. The molecule has 4 N–H and O–H groups in total. The average Bonchev–Trinajstić information content (AvgIpc) is 2.08. The highest BCUT2D eigenvalue weighted by molar-refractivity contribution is 5.76. The van der Waals surface area contributed by atoms with E-state index < -0.39 is 37.0 Å². The van der Waals surface area contributed by atoms with Gasteiger partial charge in [-0.15, -0.1) is 0 Å². The van der Waals surface area contributed by atoms with Gasteiger partial charge in [0.05, 0.1) is 6.61 Å². The van der Waals surface area contributed by atoms with Gasteiger partial charge in [0.15, 0.2) is 12.2 Å². The molecule has 1 fully saturated rings. The van der Waals surface area contributed by atoms with Crippen molar-refractivity contribution < 1.29 is 30.0 Å². The molecule has 1 aliphatic heterocycles. The first-order valence-electron chi connectivity index (χ1n) is 3.43. The second-order valence-electron chi connectivity index (χ2n) is 2.58. The Morgan fingerprint density at radius 1 is 1.25 bits per heavy atom. The van der Waals surface area contributed by atoms with Gasteiger partial charge in [-0.3, -0.25) is 0 Å². The summed E-state index contributed by atoms with van der Waals surface area (Å²) in [6, 6.07) is 0. The van der Waals surface area contributed by atoms with E-state index in [2.05, 4.69) is 4.74 Å². The van der Waals surface area contributed by atoms with E-state index in [0.717, 1.165) is 0 Å². The van der Waals surface area contributed by atoms with E-state index in [4.69, 9.17) is 20.4 Å². The molecule has 1 aliphatic rings. The van der Waals surface area contributed by atoms with Gasteiger partial charge in [0, 0.05) is 0 Å². The summed E-state index contributed by atoms with van der Waals surface area (Å²) in [4.78, 5) is 10.7. The van der Waals surface area contributed by atoms with E-state index in [1.807, 2.05) is 0 Å². The van der Waals surface area contributed by atoms with E-state index in [0.29, 0.717) is 0 Å². The van der Waals surface area contributed by atoms with Crippen molar-refractivity contribution in [3.8, 4) is 0 Å². The van der Waals surface area contributed by atoms with Crippen LogP contribution in [0.4, 0.5) is 0 Å². The summed E-state index contributed by atoms with van der Waals surface area (Å²) in [6.45, 7) is -0.587. The van der Waals surface area contributed by atoms with Crippen LogP contribution >= 0.6 is 0 Å². The van der Waals surface area contributed by atoms with Crippen molar-refractivity contribution in [2.75, 3.05) is 6.61 Å². The molecule has 6 nitrogen and oxygen atoms in total. The zero-order chi connectivity index (χ0) is 9.30. The Balaban J connectivity index is 2.70. The van der Waals surface area contributed by atoms with Gasteiger partial charge in [-0.25, -0.2) is 4.79 Å². The van der Waals surface area contributed by atoms with E-state index in [1.165, 1.54) is 0 Å². The molecular formula is C6H10O6. The van der Waals surface area contributed by atoms with Gasteiger partial charge in [-0.2, -0.15) is 0 Å². The highest BCUT2D eigenvalue weighted by Gasteiger charge is 2.43. The molecule has 0 aliphatic carbocycles. The van der Waals surface area contributed by atoms with Crippen molar-refractivity contribution in [2.45, 2.75) is 24.4 Å². The first-order chi connectivity index (χ1) is 5.57. The van der Waals surface area contributed by atoms with Gasteiger partial charge in [0.2, 0.25) is 0 Å². The first kappa shape index (κ1) is 9.40. The molecule has 0 bridgehead atoms. The number of hydrogen-bond acceptors (Lipinski definition) is 6. The van der Waals surface area contributed by atoms with Crippen LogP contribution in [0.25, 0.3) is 0 Å². The lowest BCUT2D eigenvalue weighted by atomic mass is 10.0. The third kappa shape index (κ3) is 1.42. The Morgan fingerprint density at radius 2 is 1.83 bits per heavy atom. The average molecular weight is 178 g/mol. The summed E-state index contributed by atoms with van der Waals surface area (Å²) in [7, 11) is 0. The Bertz CT molecular complexity index is 179. The molecule has 70 valence electrons. The fraction of sp³-hybridized carbons (Fsp3) is 0.833. The monoisotopic (exact) mass is 178 g/mol. The van der Waals surface area contributed by atoms with Gasteiger partial charge in [0.25, 0.3) is 0 Å². The van der Waals surface area contributed by atoms with Crippen LogP contribution in [0, 0.1) is 0 Å². The Hall–Kier alpha value is -0.690. The quantitative estimate of drug-likeness (QED) is 0.318. The molecule has 0 aromatic carbocycles. The number of hydrogen-bond donors (Lipinski definition) is 4. The molecule has 4 atom stereocenters. The maximum atomic E-state index is 10.7. The van der Waals surface area contributed by atoms with Crippen LogP contribution in [-0.4, -0.2) is 57.4 Å². The van der Waals surface area contributed by atoms with Crippen LogP contribution in [0.15, 0.2) is 0 Å². The fourth-order valence-electron chi connectivity index (χ4n) is 0.980. The van der Waals surface area contributed by atoms with Gasteiger partial charge in [-0.05, 0) is 0 Å². The topological polar surface area (TPSA) is 107 Å². The molecule has 12 heavy (non-hydrogen) atoms. The van der Waals surface area contributed by atoms with Crippen LogP contribution in [0.1, 0.15) is 0 Å². The minimum absolute atomic E-state index is 0.587. The van der Waals surface area contributed by atoms with Crippen LogP contribution in [0.2, 0.25) is 0 Å². The minimum atomic E-state index is -1.73. The van der Waals surface area contributed by atoms with Gasteiger partial charge < -0.3 is 25.2 Å². The summed E-state index contributed by atoms with van der Waals surface area (Å²) in [5, 5.41) is 35.5. The maximum absolute atomic E-state index is 10.7. The molecule has 0 aromatic heterocycles. The third-order valence-electron chi connectivity index (χ3n) is 1.74. The van der Waals surface area contributed by atoms with Gasteiger partial charge >= 0.3 is 5.97 Å².